The van der Waals surface area contributed by atoms with Crippen LogP contribution in [-0.2, 0) is 24.2 Å². The van der Waals surface area contributed by atoms with Gasteiger partial charge in [0.2, 0.25) is 0 Å². The molecule has 0 saturated carbocycles. The second-order valence-corrected chi connectivity index (χ2v) is 8.24. The summed E-state index contributed by atoms with van der Waals surface area (Å²) in [6.45, 7) is 14.4. The first kappa shape index (κ1) is 27.1. The summed E-state index contributed by atoms with van der Waals surface area (Å²) < 4.78 is 0. The summed E-state index contributed by atoms with van der Waals surface area (Å²) in [5, 5.41) is 0. The van der Waals surface area contributed by atoms with Gasteiger partial charge in [-0.15, -0.1) is 12.6 Å². The van der Waals surface area contributed by atoms with E-state index in [0.29, 0.717) is 5.70 Å². The van der Waals surface area contributed by atoms with Gasteiger partial charge in [0.25, 0.3) is 0 Å². The zero-order valence-corrected chi connectivity index (χ0v) is 21.3. The van der Waals surface area contributed by atoms with Crippen LogP contribution in [0.15, 0.2) is 41.3 Å². The molecule has 3 rings (SSSR count). The van der Waals surface area contributed by atoms with Crippen molar-refractivity contribution in [2.75, 3.05) is 6.54 Å². The molecule has 0 fully saturated rings. The number of hydrogen-bond donors (Lipinski definition) is 1. The first-order valence-corrected chi connectivity index (χ1v) is 12.4. The summed E-state index contributed by atoms with van der Waals surface area (Å²) in [5.74, 6) is 2.16. The molecule has 170 valence electrons. The van der Waals surface area contributed by atoms with E-state index in [1.165, 1.54) is 47.9 Å². The van der Waals surface area contributed by atoms with E-state index in [1.807, 2.05) is 26.0 Å². The predicted octanol–water partition coefficient (Wildman–Crippen LogP) is 7.69. The van der Waals surface area contributed by atoms with Crippen molar-refractivity contribution in [3.63, 3.8) is 0 Å². The van der Waals surface area contributed by atoms with Crippen LogP contribution in [0.25, 0.3) is 5.70 Å². The van der Waals surface area contributed by atoms with Gasteiger partial charge in [0.1, 0.15) is 5.70 Å². The number of carbonyl (C=O) groups excluding carboxylic acids is 1. The molecule has 0 radical (unpaired) electrons. The lowest BCUT2D eigenvalue weighted by Gasteiger charge is -2.17. The number of thiol groups is 1. The molecule has 2 aromatic rings. The molecule has 0 bridgehead atoms. The van der Waals surface area contributed by atoms with Gasteiger partial charge in [0, 0.05) is 23.5 Å². The highest BCUT2D eigenvalue weighted by molar-refractivity contribution is 7.80. The number of aryl methyl sites for hydroxylation is 1. The van der Waals surface area contributed by atoms with Crippen LogP contribution >= 0.6 is 12.6 Å². The fourth-order valence-corrected chi connectivity index (χ4v) is 3.94. The molecule has 0 amide bonds. The zero-order chi connectivity index (χ0) is 23.2. The van der Waals surface area contributed by atoms with Crippen LogP contribution in [0.5, 0.6) is 0 Å². The molecule has 1 heterocycles. The Balaban J connectivity index is 0.000000521. The monoisotopic (exact) mass is 439 g/mol. The number of rotatable bonds is 7. The van der Waals surface area contributed by atoms with Gasteiger partial charge in [-0.3, -0.25) is 0 Å². The van der Waals surface area contributed by atoms with Gasteiger partial charge in [-0.2, -0.15) is 0 Å². The van der Waals surface area contributed by atoms with Crippen molar-refractivity contribution in [2.24, 2.45) is 0 Å². The molecule has 1 aliphatic heterocycles. The molecular weight excluding hydrogens is 398 g/mol. The van der Waals surface area contributed by atoms with Crippen molar-refractivity contribution in [1.82, 2.24) is 4.90 Å². The Morgan fingerprint density at radius 2 is 1.58 bits per heavy atom. The van der Waals surface area contributed by atoms with Gasteiger partial charge in [-0.05, 0) is 54.2 Å². The second-order valence-electron chi connectivity index (χ2n) is 7.73. The molecule has 0 aromatic heterocycles. The minimum absolute atomic E-state index is 0.705. The zero-order valence-electron chi connectivity index (χ0n) is 20.4. The number of nitrogens with zero attached hydrogens (tertiary/aromatic N) is 1. The SMILES string of the molecule is CC.CCCCCC.CCc1ccc2c(c1C)CN(CCc1ccc(S)cc1)C2=C=O. The fourth-order valence-electron chi connectivity index (χ4n) is 3.79. The third-order valence-corrected chi connectivity index (χ3v) is 5.97. The van der Waals surface area contributed by atoms with E-state index in [9.17, 15) is 4.79 Å². The third kappa shape index (κ3) is 7.91. The van der Waals surface area contributed by atoms with Crippen LogP contribution in [-0.4, -0.2) is 17.4 Å². The van der Waals surface area contributed by atoms with Crippen molar-refractivity contribution in [3.8, 4) is 0 Å². The van der Waals surface area contributed by atoms with Crippen LogP contribution in [0.3, 0.4) is 0 Å². The topological polar surface area (TPSA) is 20.3 Å². The molecule has 0 saturated heterocycles. The molecule has 0 spiro atoms. The summed E-state index contributed by atoms with van der Waals surface area (Å²) in [5.41, 5.74) is 6.99. The molecule has 2 aromatic carbocycles. The lowest BCUT2D eigenvalue weighted by Crippen LogP contribution is -2.19. The summed E-state index contributed by atoms with van der Waals surface area (Å²) >= 11 is 4.31. The van der Waals surface area contributed by atoms with E-state index >= 15 is 0 Å². The fraction of sp³-hybridized carbons (Fsp3) is 0.500. The van der Waals surface area contributed by atoms with Gasteiger partial charge in [-0.25, -0.2) is 4.79 Å². The van der Waals surface area contributed by atoms with E-state index in [1.54, 1.807) is 0 Å². The van der Waals surface area contributed by atoms with Crippen molar-refractivity contribution < 1.29 is 4.79 Å². The Labute approximate surface area is 196 Å². The largest absolute Gasteiger partial charge is 0.357 e. The Kier molecular flexibility index (Phi) is 13.1. The van der Waals surface area contributed by atoms with Crippen LogP contribution < -0.4 is 0 Å². The smallest absolute Gasteiger partial charge is 0.151 e. The highest BCUT2D eigenvalue weighted by atomic mass is 32.1. The van der Waals surface area contributed by atoms with Gasteiger partial charge < -0.3 is 4.90 Å². The maximum Gasteiger partial charge on any atom is 0.151 e. The summed E-state index contributed by atoms with van der Waals surface area (Å²) in [4.78, 5) is 14.6. The maximum atomic E-state index is 11.5. The minimum atomic E-state index is 0.705. The molecular formula is C28H41NOS. The van der Waals surface area contributed by atoms with Crippen molar-refractivity contribution in [3.05, 3.63) is 64.2 Å². The Hall–Kier alpha value is -1.96. The normalized spacial score (nSPS) is 11.7. The molecule has 0 unspecified atom stereocenters. The average Bonchev–Trinajstić information content (AvgIpc) is 3.17. The summed E-state index contributed by atoms with van der Waals surface area (Å²) in [6, 6.07) is 12.4. The molecule has 0 atom stereocenters. The van der Waals surface area contributed by atoms with E-state index in [0.717, 1.165) is 36.4 Å². The Bertz CT molecular complexity index is 831. The molecule has 1 aliphatic rings. The van der Waals surface area contributed by atoms with Crippen LogP contribution in [0, 0.1) is 6.92 Å². The number of fused-ring (bicyclic) bond motifs is 1. The summed E-state index contributed by atoms with van der Waals surface area (Å²) in [7, 11) is 0. The van der Waals surface area contributed by atoms with Gasteiger partial charge in [0.05, 0.1) is 0 Å². The minimum Gasteiger partial charge on any atom is -0.357 e. The van der Waals surface area contributed by atoms with Gasteiger partial charge in [-0.1, -0.05) is 84.6 Å². The Morgan fingerprint density at radius 3 is 2.10 bits per heavy atom. The molecule has 2 nitrogen and oxygen atoms in total. The Morgan fingerprint density at radius 1 is 0.968 bits per heavy atom. The predicted molar refractivity (Wildman–Crippen MR) is 139 cm³/mol. The quantitative estimate of drug-likeness (QED) is 0.271. The third-order valence-electron chi connectivity index (χ3n) is 5.67. The van der Waals surface area contributed by atoms with Crippen molar-refractivity contribution in [1.29, 1.82) is 0 Å². The lowest BCUT2D eigenvalue weighted by molar-refractivity contribution is 0.413. The van der Waals surface area contributed by atoms with Crippen LogP contribution in [0.4, 0.5) is 0 Å². The molecule has 0 N–H and O–H groups in total. The van der Waals surface area contributed by atoms with Crippen molar-refractivity contribution in [2.45, 2.75) is 91.5 Å². The number of hydrogen-bond acceptors (Lipinski definition) is 3. The highest BCUT2D eigenvalue weighted by Crippen LogP contribution is 2.34. The molecule has 0 aliphatic carbocycles. The maximum absolute atomic E-state index is 11.5. The standard InChI is InChI=1S/C20H21NOS.C6H14.C2H6/c1-3-16-6-9-18-19(14(16)2)12-21(20(18)13-22)11-10-15-4-7-17(23)8-5-15;1-3-5-6-4-2;1-2/h4-9,23H,3,10-12H2,1-2H3;3-6H2,1-2H3;1-2H3. The van der Waals surface area contributed by atoms with Crippen LogP contribution in [0.2, 0.25) is 0 Å². The number of unbranched alkanes of at least 4 members (excludes halogenated alkanes) is 3. The average molecular weight is 440 g/mol. The van der Waals surface area contributed by atoms with E-state index in [2.05, 4.69) is 75.4 Å². The van der Waals surface area contributed by atoms with Gasteiger partial charge >= 0.3 is 0 Å². The van der Waals surface area contributed by atoms with Crippen molar-refractivity contribution >= 4 is 24.3 Å². The highest BCUT2D eigenvalue weighted by Gasteiger charge is 2.26. The summed E-state index contributed by atoms with van der Waals surface area (Å²) in [6.07, 6.45) is 7.47. The van der Waals surface area contributed by atoms with Crippen LogP contribution in [0.1, 0.15) is 88.1 Å². The first-order valence-electron chi connectivity index (χ1n) is 11.9. The van der Waals surface area contributed by atoms with E-state index in [4.69, 9.17) is 0 Å². The molecule has 3 heteroatoms. The number of benzene rings is 2. The lowest BCUT2D eigenvalue weighted by atomic mass is 9.97. The first-order chi connectivity index (χ1) is 15.0. The van der Waals surface area contributed by atoms with E-state index in [-0.39, 0.29) is 0 Å². The molecule has 31 heavy (non-hydrogen) atoms. The van der Waals surface area contributed by atoms with Gasteiger partial charge in [0.15, 0.2) is 5.94 Å². The second kappa shape index (κ2) is 14.9. The van der Waals surface area contributed by atoms with E-state index < -0.39 is 0 Å².